The third-order valence-electron chi connectivity index (χ3n) is 4.01. The van der Waals surface area contributed by atoms with Crippen molar-refractivity contribution in [3.8, 4) is 28.7 Å². The Morgan fingerprint density at radius 1 is 0.889 bits per heavy atom. The minimum atomic E-state index is -1.12. The normalized spacial score (nSPS) is 12.8. The van der Waals surface area contributed by atoms with Gasteiger partial charge >= 0.3 is 0 Å². The van der Waals surface area contributed by atoms with Crippen molar-refractivity contribution in [2.24, 2.45) is 0 Å². The lowest BCUT2D eigenvalue weighted by Crippen LogP contribution is -2.29. The second-order valence-corrected chi connectivity index (χ2v) is 5.62. The third-order valence-corrected chi connectivity index (χ3v) is 4.01. The van der Waals surface area contributed by atoms with Crippen molar-refractivity contribution in [1.82, 2.24) is 0 Å². The molecule has 0 bridgehead atoms. The standard InChI is InChI=1S/C20H26O7/c1-5-26-14-10-9-13(11-17(14)25-4)19(22)18(12-21)27-20-15(23-2)7-6-8-16(20)24-3/h6-11,18-19,21-22H,5,12H2,1-4H3/t18-,19-/m1/s1. The zero-order valence-electron chi connectivity index (χ0n) is 16.0. The van der Waals surface area contributed by atoms with Gasteiger partial charge in [-0.1, -0.05) is 12.1 Å². The van der Waals surface area contributed by atoms with Crippen LogP contribution in [0.1, 0.15) is 18.6 Å². The van der Waals surface area contributed by atoms with E-state index >= 15 is 0 Å². The third kappa shape index (κ3) is 4.75. The number of hydrogen-bond acceptors (Lipinski definition) is 7. The van der Waals surface area contributed by atoms with Crippen LogP contribution in [0.15, 0.2) is 36.4 Å². The summed E-state index contributed by atoms with van der Waals surface area (Å²) < 4.78 is 27.2. The van der Waals surface area contributed by atoms with E-state index in [1.54, 1.807) is 36.4 Å². The average molecular weight is 378 g/mol. The molecular weight excluding hydrogens is 352 g/mol. The molecule has 0 aromatic heterocycles. The van der Waals surface area contributed by atoms with Gasteiger partial charge in [-0.25, -0.2) is 0 Å². The van der Waals surface area contributed by atoms with Crippen LogP contribution in [0.5, 0.6) is 28.7 Å². The molecule has 0 saturated heterocycles. The number of methoxy groups -OCH3 is 3. The summed E-state index contributed by atoms with van der Waals surface area (Å²) in [6, 6.07) is 10.2. The van der Waals surface area contributed by atoms with Gasteiger partial charge in [0.25, 0.3) is 0 Å². The van der Waals surface area contributed by atoms with Gasteiger partial charge in [-0.15, -0.1) is 0 Å². The number of hydrogen-bond donors (Lipinski definition) is 2. The van der Waals surface area contributed by atoms with E-state index in [4.69, 9.17) is 23.7 Å². The molecule has 27 heavy (non-hydrogen) atoms. The highest BCUT2D eigenvalue weighted by atomic mass is 16.6. The van der Waals surface area contributed by atoms with E-state index in [0.717, 1.165) is 0 Å². The Hall–Kier alpha value is -2.64. The lowest BCUT2D eigenvalue weighted by Gasteiger charge is -2.25. The van der Waals surface area contributed by atoms with Crippen molar-refractivity contribution >= 4 is 0 Å². The van der Waals surface area contributed by atoms with Gasteiger partial charge in [-0.05, 0) is 36.8 Å². The molecule has 0 heterocycles. The Balaban J connectivity index is 2.30. The molecule has 0 spiro atoms. The average Bonchev–Trinajstić information content (AvgIpc) is 2.71. The zero-order valence-corrected chi connectivity index (χ0v) is 16.0. The van der Waals surface area contributed by atoms with Crippen LogP contribution in [-0.2, 0) is 0 Å². The predicted molar refractivity (Wildman–Crippen MR) is 100 cm³/mol. The monoisotopic (exact) mass is 378 g/mol. The van der Waals surface area contributed by atoms with Crippen LogP contribution in [0.25, 0.3) is 0 Å². The Morgan fingerprint density at radius 3 is 2.04 bits per heavy atom. The molecule has 2 atom stereocenters. The highest BCUT2D eigenvalue weighted by Crippen LogP contribution is 2.39. The van der Waals surface area contributed by atoms with Gasteiger partial charge in [-0.2, -0.15) is 0 Å². The summed E-state index contributed by atoms with van der Waals surface area (Å²) in [5.41, 5.74) is 0.517. The minimum Gasteiger partial charge on any atom is -0.493 e. The van der Waals surface area contributed by atoms with Gasteiger partial charge in [0.15, 0.2) is 29.1 Å². The summed E-state index contributed by atoms with van der Waals surface area (Å²) in [5, 5.41) is 20.5. The van der Waals surface area contributed by atoms with Crippen molar-refractivity contribution in [2.75, 3.05) is 34.5 Å². The number of benzene rings is 2. The summed E-state index contributed by atoms with van der Waals surface area (Å²) in [7, 11) is 4.53. The van der Waals surface area contributed by atoms with Crippen LogP contribution in [0.2, 0.25) is 0 Å². The fraction of sp³-hybridized carbons (Fsp3) is 0.400. The van der Waals surface area contributed by atoms with Crippen LogP contribution in [0, 0.1) is 0 Å². The molecule has 0 fully saturated rings. The highest BCUT2D eigenvalue weighted by Gasteiger charge is 2.26. The molecule has 0 unspecified atom stereocenters. The van der Waals surface area contributed by atoms with E-state index in [0.29, 0.717) is 40.9 Å². The molecule has 148 valence electrons. The van der Waals surface area contributed by atoms with Crippen LogP contribution in [0.3, 0.4) is 0 Å². The largest absolute Gasteiger partial charge is 0.493 e. The Kier molecular flexibility index (Phi) is 7.57. The second-order valence-electron chi connectivity index (χ2n) is 5.62. The fourth-order valence-corrected chi connectivity index (χ4v) is 2.64. The lowest BCUT2D eigenvalue weighted by atomic mass is 10.0. The van der Waals surface area contributed by atoms with Gasteiger partial charge in [-0.3, -0.25) is 0 Å². The SMILES string of the molecule is CCOc1ccc([C@@H](O)[C@@H](CO)Oc2c(OC)cccc2OC)cc1OC. The topological polar surface area (TPSA) is 86.6 Å². The first-order valence-corrected chi connectivity index (χ1v) is 8.56. The molecule has 2 N–H and O–H groups in total. The summed E-state index contributed by atoms with van der Waals surface area (Å²) in [5.74, 6) is 2.23. The number of rotatable bonds is 10. The summed E-state index contributed by atoms with van der Waals surface area (Å²) in [6.07, 6.45) is -2.06. The fourth-order valence-electron chi connectivity index (χ4n) is 2.64. The maximum atomic E-state index is 10.7. The van der Waals surface area contributed by atoms with Crippen LogP contribution in [0.4, 0.5) is 0 Å². The van der Waals surface area contributed by atoms with Crippen LogP contribution < -0.4 is 23.7 Å². The molecule has 0 aliphatic carbocycles. The predicted octanol–water partition coefficient (Wildman–Crippen LogP) is 2.58. The molecular formula is C20H26O7. The summed E-state index contributed by atoms with van der Waals surface area (Å²) >= 11 is 0. The molecule has 2 aromatic carbocycles. The zero-order chi connectivity index (χ0) is 19.8. The van der Waals surface area contributed by atoms with Crippen LogP contribution in [-0.4, -0.2) is 50.9 Å². The molecule has 7 nitrogen and oxygen atoms in total. The van der Waals surface area contributed by atoms with Gasteiger partial charge in [0.2, 0.25) is 5.75 Å². The minimum absolute atomic E-state index is 0.304. The molecule has 7 heteroatoms. The van der Waals surface area contributed by atoms with Crippen molar-refractivity contribution in [3.05, 3.63) is 42.0 Å². The smallest absolute Gasteiger partial charge is 0.203 e. The van der Waals surface area contributed by atoms with E-state index < -0.39 is 18.8 Å². The summed E-state index contributed by atoms with van der Waals surface area (Å²) in [6.45, 7) is 1.95. The molecule has 2 aromatic rings. The molecule has 0 radical (unpaired) electrons. The molecule has 0 saturated carbocycles. The number of aliphatic hydroxyl groups excluding tert-OH is 2. The quantitative estimate of drug-likeness (QED) is 0.657. The van der Waals surface area contributed by atoms with Crippen molar-refractivity contribution in [2.45, 2.75) is 19.1 Å². The van der Waals surface area contributed by atoms with Gasteiger partial charge in [0.1, 0.15) is 6.10 Å². The summed E-state index contributed by atoms with van der Waals surface area (Å²) in [4.78, 5) is 0. The number of aliphatic hydroxyl groups is 2. The second kappa shape index (κ2) is 9.89. The number of ether oxygens (including phenoxy) is 5. The number of para-hydroxylation sites is 1. The Labute approximate surface area is 159 Å². The van der Waals surface area contributed by atoms with Crippen molar-refractivity contribution < 1.29 is 33.9 Å². The van der Waals surface area contributed by atoms with Crippen molar-refractivity contribution in [3.63, 3.8) is 0 Å². The lowest BCUT2D eigenvalue weighted by molar-refractivity contribution is -0.00175. The van der Waals surface area contributed by atoms with Crippen molar-refractivity contribution in [1.29, 1.82) is 0 Å². The first-order valence-electron chi connectivity index (χ1n) is 8.56. The Bertz CT molecular complexity index is 710. The first-order chi connectivity index (χ1) is 13.1. The van der Waals surface area contributed by atoms with E-state index in [2.05, 4.69) is 0 Å². The van der Waals surface area contributed by atoms with E-state index in [-0.39, 0.29) is 0 Å². The molecule has 2 rings (SSSR count). The van der Waals surface area contributed by atoms with E-state index in [1.807, 2.05) is 6.92 Å². The van der Waals surface area contributed by atoms with Gasteiger partial charge in [0, 0.05) is 0 Å². The van der Waals surface area contributed by atoms with Gasteiger partial charge < -0.3 is 33.9 Å². The van der Waals surface area contributed by atoms with Crippen LogP contribution >= 0.6 is 0 Å². The first kappa shape index (κ1) is 20.7. The maximum absolute atomic E-state index is 10.7. The maximum Gasteiger partial charge on any atom is 0.203 e. The molecule has 0 aliphatic heterocycles. The van der Waals surface area contributed by atoms with Gasteiger partial charge in [0.05, 0.1) is 34.5 Å². The van der Waals surface area contributed by atoms with E-state index in [9.17, 15) is 10.2 Å². The molecule has 0 amide bonds. The Morgan fingerprint density at radius 2 is 1.52 bits per heavy atom. The van der Waals surface area contributed by atoms with E-state index in [1.165, 1.54) is 21.3 Å². The highest BCUT2D eigenvalue weighted by molar-refractivity contribution is 5.51. The molecule has 0 aliphatic rings.